The highest BCUT2D eigenvalue weighted by atomic mass is 35.5. The number of piperazine rings is 1. The summed E-state index contributed by atoms with van der Waals surface area (Å²) in [5.74, 6) is 0.764. The number of amides is 1. The van der Waals surface area contributed by atoms with Crippen LogP contribution in [0, 0.1) is 0 Å². The van der Waals surface area contributed by atoms with Gasteiger partial charge in [-0.2, -0.15) is 0 Å². The molecular formula is C21H17Cl3N4O. The molecule has 0 unspecified atom stereocenters. The molecule has 0 spiro atoms. The van der Waals surface area contributed by atoms with Gasteiger partial charge in [0.25, 0.3) is 5.91 Å². The lowest BCUT2D eigenvalue weighted by Crippen LogP contribution is -2.49. The molecule has 0 N–H and O–H groups in total. The molecule has 5 nitrogen and oxygen atoms in total. The summed E-state index contributed by atoms with van der Waals surface area (Å²) >= 11 is 18.2. The predicted molar refractivity (Wildman–Crippen MR) is 117 cm³/mol. The van der Waals surface area contributed by atoms with E-state index in [1.165, 1.54) is 0 Å². The van der Waals surface area contributed by atoms with Crippen LogP contribution in [0.2, 0.25) is 15.1 Å². The highest BCUT2D eigenvalue weighted by molar-refractivity contribution is 6.36. The largest absolute Gasteiger partial charge is 0.352 e. The minimum absolute atomic E-state index is 0.00837. The van der Waals surface area contributed by atoms with E-state index in [-0.39, 0.29) is 5.91 Å². The molecule has 0 saturated carbocycles. The van der Waals surface area contributed by atoms with Crippen molar-refractivity contribution in [2.24, 2.45) is 0 Å². The van der Waals surface area contributed by atoms with E-state index in [9.17, 15) is 4.79 Å². The first-order chi connectivity index (χ1) is 14.0. The van der Waals surface area contributed by atoms with E-state index in [1.54, 1.807) is 36.4 Å². The predicted octanol–water partition coefficient (Wildman–Crippen LogP) is 5.07. The highest BCUT2D eigenvalue weighted by Crippen LogP contribution is 2.29. The van der Waals surface area contributed by atoms with E-state index >= 15 is 0 Å². The number of rotatable bonds is 3. The monoisotopic (exact) mass is 446 g/mol. The average molecular weight is 448 g/mol. The lowest BCUT2D eigenvalue weighted by atomic mass is 10.1. The van der Waals surface area contributed by atoms with Crippen molar-refractivity contribution in [3.63, 3.8) is 0 Å². The molecule has 2 heterocycles. The molecule has 1 amide bonds. The minimum atomic E-state index is -0.00837. The van der Waals surface area contributed by atoms with Crippen molar-refractivity contribution in [1.29, 1.82) is 0 Å². The minimum Gasteiger partial charge on any atom is -0.352 e. The zero-order chi connectivity index (χ0) is 20.4. The third kappa shape index (κ3) is 4.47. The maximum atomic E-state index is 12.7. The Morgan fingerprint density at radius 1 is 0.828 bits per heavy atom. The summed E-state index contributed by atoms with van der Waals surface area (Å²) in [6.45, 7) is 2.58. The summed E-state index contributed by atoms with van der Waals surface area (Å²) < 4.78 is 0. The second-order valence-corrected chi connectivity index (χ2v) is 7.97. The fourth-order valence-corrected chi connectivity index (χ4v) is 3.97. The van der Waals surface area contributed by atoms with Crippen molar-refractivity contribution in [3.8, 4) is 11.3 Å². The van der Waals surface area contributed by atoms with Crippen LogP contribution in [-0.2, 0) is 0 Å². The smallest absolute Gasteiger partial charge is 0.254 e. The third-order valence-corrected chi connectivity index (χ3v) is 5.60. The summed E-state index contributed by atoms with van der Waals surface area (Å²) in [6, 6.07) is 16.1. The Balaban J connectivity index is 1.41. The Bertz CT molecular complexity index is 1030. The summed E-state index contributed by atoms with van der Waals surface area (Å²) in [7, 11) is 0. The first kappa shape index (κ1) is 20.0. The van der Waals surface area contributed by atoms with Crippen molar-refractivity contribution in [2.45, 2.75) is 0 Å². The van der Waals surface area contributed by atoms with Gasteiger partial charge in [-0.15, -0.1) is 10.2 Å². The zero-order valence-electron chi connectivity index (χ0n) is 15.4. The molecule has 4 rings (SSSR count). The molecule has 0 atom stereocenters. The SMILES string of the molecule is O=C(c1cccc(Cl)c1)N1CCN(c2ccc(-c3ccc(Cl)cc3Cl)nn2)CC1. The standard InChI is InChI=1S/C21H17Cl3N4O/c22-15-3-1-2-14(12-15)21(29)28-10-8-27(9-11-28)20-7-6-19(25-26-20)17-5-4-16(23)13-18(17)24/h1-7,12-13H,8-11H2. The molecule has 29 heavy (non-hydrogen) atoms. The molecule has 1 saturated heterocycles. The highest BCUT2D eigenvalue weighted by Gasteiger charge is 2.23. The molecule has 0 radical (unpaired) electrons. The van der Waals surface area contributed by atoms with Crippen molar-refractivity contribution >= 4 is 46.5 Å². The first-order valence-corrected chi connectivity index (χ1v) is 10.2. The molecule has 2 aromatic carbocycles. The molecule has 1 aliphatic heterocycles. The summed E-state index contributed by atoms with van der Waals surface area (Å²) in [4.78, 5) is 16.6. The van der Waals surface area contributed by atoms with Gasteiger partial charge in [0.2, 0.25) is 0 Å². The molecular weight excluding hydrogens is 431 g/mol. The fourth-order valence-electron chi connectivity index (χ4n) is 3.28. The number of carbonyl (C=O) groups is 1. The van der Waals surface area contributed by atoms with Crippen LogP contribution in [-0.4, -0.2) is 47.2 Å². The van der Waals surface area contributed by atoms with Gasteiger partial charge < -0.3 is 9.80 Å². The Morgan fingerprint density at radius 2 is 1.59 bits per heavy atom. The summed E-state index contributed by atoms with van der Waals surface area (Å²) in [5.41, 5.74) is 2.08. The number of halogens is 3. The van der Waals surface area contributed by atoms with E-state index < -0.39 is 0 Å². The normalized spacial score (nSPS) is 14.2. The maximum Gasteiger partial charge on any atom is 0.254 e. The van der Waals surface area contributed by atoms with Crippen LogP contribution in [0.3, 0.4) is 0 Å². The second kappa shape index (κ2) is 8.57. The van der Waals surface area contributed by atoms with E-state index in [0.29, 0.717) is 52.5 Å². The van der Waals surface area contributed by atoms with Gasteiger partial charge in [-0.3, -0.25) is 4.79 Å². The average Bonchev–Trinajstić information content (AvgIpc) is 2.74. The van der Waals surface area contributed by atoms with Gasteiger partial charge >= 0.3 is 0 Å². The molecule has 0 bridgehead atoms. The van der Waals surface area contributed by atoms with Crippen LogP contribution >= 0.6 is 34.8 Å². The lowest BCUT2D eigenvalue weighted by Gasteiger charge is -2.35. The molecule has 1 aromatic heterocycles. The molecule has 3 aromatic rings. The second-order valence-electron chi connectivity index (χ2n) is 6.69. The van der Waals surface area contributed by atoms with Gasteiger partial charge in [0.1, 0.15) is 0 Å². The molecule has 1 fully saturated rings. The first-order valence-electron chi connectivity index (χ1n) is 9.10. The Hall–Kier alpha value is -2.34. The van der Waals surface area contributed by atoms with Gasteiger partial charge in [-0.1, -0.05) is 40.9 Å². The van der Waals surface area contributed by atoms with Crippen LogP contribution in [0.5, 0.6) is 0 Å². The van der Waals surface area contributed by atoms with Crippen LogP contribution in [0.25, 0.3) is 11.3 Å². The summed E-state index contributed by atoms with van der Waals surface area (Å²) in [6.07, 6.45) is 0. The number of carbonyl (C=O) groups excluding carboxylic acids is 1. The van der Waals surface area contributed by atoms with Crippen LogP contribution in [0.1, 0.15) is 10.4 Å². The van der Waals surface area contributed by atoms with Gasteiger partial charge in [0, 0.05) is 47.4 Å². The number of hydrogen-bond acceptors (Lipinski definition) is 4. The molecule has 8 heteroatoms. The lowest BCUT2D eigenvalue weighted by molar-refractivity contribution is 0.0746. The van der Waals surface area contributed by atoms with Crippen molar-refractivity contribution < 1.29 is 4.79 Å². The van der Waals surface area contributed by atoms with E-state index in [0.717, 1.165) is 11.4 Å². The number of anilines is 1. The Labute approximate surface area is 183 Å². The van der Waals surface area contributed by atoms with Gasteiger partial charge in [0.15, 0.2) is 5.82 Å². The quantitative estimate of drug-likeness (QED) is 0.563. The van der Waals surface area contributed by atoms with E-state index in [1.807, 2.05) is 23.1 Å². The van der Waals surface area contributed by atoms with Crippen molar-refractivity contribution in [3.05, 3.63) is 75.2 Å². The number of benzene rings is 2. The van der Waals surface area contributed by atoms with Gasteiger partial charge in [0.05, 0.1) is 10.7 Å². The number of nitrogens with zero attached hydrogens (tertiary/aromatic N) is 4. The fraction of sp³-hybridized carbons (Fsp3) is 0.190. The van der Waals surface area contributed by atoms with Crippen molar-refractivity contribution in [1.82, 2.24) is 15.1 Å². The number of hydrogen-bond donors (Lipinski definition) is 0. The Kier molecular flexibility index (Phi) is 5.90. The zero-order valence-corrected chi connectivity index (χ0v) is 17.6. The summed E-state index contributed by atoms with van der Waals surface area (Å²) in [5, 5.41) is 10.3. The van der Waals surface area contributed by atoms with E-state index in [4.69, 9.17) is 34.8 Å². The maximum absolute atomic E-state index is 12.7. The Morgan fingerprint density at radius 3 is 2.24 bits per heavy atom. The van der Waals surface area contributed by atoms with Crippen LogP contribution < -0.4 is 4.90 Å². The number of aromatic nitrogens is 2. The molecule has 0 aliphatic carbocycles. The third-order valence-electron chi connectivity index (χ3n) is 4.82. The van der Waals surface area contributed by atoms with E-state index in [2.05, 4.69) is 15.1 Å². The van der Waals surface area contributed by atoms with Gasteiger partial charge in [-0.25, -0.2) is 0 Å². The van der Waals surface area contributed by atoms with Crippen molar-refractivity contribution in [2.75, 3.05) is 31.1 Å². The van der Waals surface area contributed by atoms with Crippen LogP contribution in [0.15, 0.2) is 54.6 Å². The molecule has 148 valence electrons. The topological polar surface area (TPSA) is 49.3 Å². The molecule has 1 aliphatic rings. The van der Waals surface area contributed by atoms with Crippen LogP contribution in [0.4, 0.5) is 5.82 Å². The van der Waals surface area contributed by atoms with Gasteiger partial charge in [-0.05, 0) is 48.5 Å².